The van der Waals surface area contributed by atoms with Crippen molar-refractivity contribution in [3.63, 3.8) is 0 Å². The molecule has 1 aromatic rings. The molecule has 0 bridgehead atoms. The third-order valence-corrected chi connectivity index (χ3v) is 4.24. The molecular formula is C18H28N2O2. The highest BCUT2D eigenvalue weighted by Crippen LogP contribution is 2.26. The highest BCUT2D eigenvalue weighted by Gasteiger charge is 2.22. The lowest BCUT2D eigenvalue weighted by Gasteiger charge is -2.31. The Morgan fingerprint density at radius 2 is 1.86 bits per heavy atom. The topological polar surface area (TPSA) is 41.6 Å². The van der Waals surface area contributed by atoms with Crippen LogP contribution in [0.4, 0.5) is 4.79 Å². The number of ether oxygens (including phenoxy) is 1. The summed E-state index contributed by atoms with van der Waals surface area (Å²) >= 11 is 0. The van der Waals surface area contributed by atoms with Crippen LogP contribution in [0.1, 0.15) is 52.0 Å². The molecule has 1 aromatic carbocycles. The number of urea groups is 1. The molecule has 1 N–H and O–H groups in total. The van der Waals surface area contributed by atoms with E-state index in [0.29, 0.717) is 5.92 Å². The largest absolute Gasteiger partial charge is 0.471 e. The standard InChI is InChI=1S/C18H28N2O2/c1-13(2)16-7-5-6-8-17(16)22-15(4)19-18(21)20-11-9-14(3)10-12-20/h5-8,13-15H,9-12H2,1-4H3,(H,19,21). The van der Waals surface area contributed by atoms with Gasteiger partial charge < -0.3 is 15.0 Å². The van der Waals surface area contributed by atoms with Crippen LogP contribution in [0.15, 0.2) is 24.3 Å². The van der Waals surface area contributed by atoms with E-state index in [2.05, 4.69) is 32.2 Å². The lowest BCUT2D eigenvalue weighted by atomic mass is 10.00. The molecule has 122 valence electrons. The fourth-order valence-electron chi connectivity index (χ4n) is 2.76. The van der Waals surface area contributed by atoms with Crippen molar-refractivity contribution < 1.29 is 9.53 Å². The molecule has 1 aliphatic rings. The number of carbonyl (C=O) groups excluding carboxylic acids is 1. The van der Waals surface area contributed by atoms with Crippen LogP contribution in [0.2, 0.25) is 0 Å². The van der Waals surface area contributed by atoms with E-state index < -0.39 is 0 Å². The van der Waals surface area contributed by atoms with Crippen molar-refractivity contribution in [1.82, 2.24) is 10.2 Å². The van der Waals surface area contributed by atoms with E-state index in [1.165, 1.54) is 0 Å². The molecular weight excluding hydrogens is 276 g/mol. The second-order valence-corrected chi connectivity index (χ2v) is 6.57. The van der Waals surface area contributed by atoms with Crippen molar-refractivity contribution in [1.29, 1.82) is 0 Å². The van der Waals surface area contributed by atoms with Crippen molar-refractivity contribution in [2.75, 3.05) is 13.1 Å². The lowest BCUT2D eigenvalue weighted by Crippen LogP contribution is -2.48. The van der Waals surface area contributed by atoms with Gasteiger partial charge in [-0.3, -0.25) is 0 Å². The van der Waals surface area contributed by atoms with Gasteiger partial charge in [0.15, 0.2) is 6.23 Å². The number of rotatable bonds is 4. The van der Waals surface area contributed by atoms with Gasteiger partial charge >= 0.3 is 6.03 Å². The first-order chi connectivity index (χ1) is 10.5. The van der Waals surface area contributed by atoms with Gasteiger partial charge in [0.25, 0.3) is 0 Å². The first-order valence-electron chi connectivity index (χ1n) is 8.28. The van der Waals surface area contributed by atoms with Crippen molar-refractivity contribution >= 4 is 6.03 Å². The van der Waals surface area contributed by atoms with Crippen molar-refractivity contribution in [2.24, 2.45) is 5.92 Å². The number of nitrogens with one attached hydrogen (secondary N) is 1. The van der Waals surface area contributed by atoms with Gasteiger partial charge in [-0.05, 0) is 43.2 Å². The van der Waals surface area contributed by atoms with Gasteiger partial charge in [0, 0.05) is 13.1 Å². The molecule has 0 spiro atoms. The van der Waals surface area contributed by atoms with Gasteiger partial charge in [-0.1, -0.05) is 39.0 Å². The first-order valence-corrected chi connectivity index (χ1v) is 8.28. The van der Waals surface area contributed by atoms with Gasteiger partial charge in [0.2, 0.25) is 0 Å². The van der Waals surface area contributed by atoms with Crippen molar-refractivity contribution in [3.05, 3.63) is 29.8 Å². The maximum atomic E-state index is 12.3. The molecule has 2 amide bonds. The Labute approximate surface area is 133 Å². The van der Waals surface area contributed by atoms with E-state index in [1.54, 1.807) is 0 Å². The van der Waals surface area contributed by atoms with Gasteiger partial charge in [0.1, 0.15) is 5.75 Å². The molecule has 1 fully saturated rings. The summed E-state index contributed by atoms with van der Waals surface area (Å²) in [6, 6.07) is 7.98. The van der Waals surface area contributed by atoms with Crippen LogP contribution >= 0.6 is 0 Å². The van der Waals surface area contributed by atoms with Gasteiger partial charge in [-0.25, -0.2) is 4.79 Å². The smallest absolute Gasteiger partial charge is 0.320 e. The fraction of sp³-hybridized carbons (Fsp3) is 0.611. The average molecular weight is 304 g/mol. The van der Waals surface area contributed by atoms with E-state index >= 15 is 0 Å². The third kappa shape index (κ3) is 4.39. The Kier molecular flexibility index (Phi) is 5.69. The summed E-state index contributed by atoms with van der Waals surface area (Å²) in [7, 11) is 0. The summed E-state index contributed by atoms with van der Waals surface area (Å²) in [5.74, 6) is 1.95. The number of hydrogen-bond acceptors (Lipinski definition) is 2. The molecule has 4 nitrogen and oxygen atoms in total. The highest BCUT2D eigenvalue weighted by atomic mass is 16.5. The van der Waals surface area contributed by atoms with Crippen molar-refractivity contribution in [2.45, 2.75) is 52.7 Å². The maximum Gasteiger partial charge on any atom is 0.320 e. The molecule has 1 heterocycles. The quantitative estimate of drug-likeness (QED) is 0.855. The average Bonchev–Trinajstić information content (AvgIpc) is 2.48. The lowest BCUT2D eigenvalue weighted by molar-refractivity contribution is 0.139. The minimum Gasteiger partial charge on any atom is -0.471 e. The van der Waals surface area contributed by atoms with Crippen LogP contribution in [0.3, 0.4) is 0 Å². The summed E-state index contributed by atoms with van der Waals surface area (Å²) in [6.45, 7) is 10.1. The minimum absolute atomic E-state index is 0.0265. The molecule has 0 radical (unpaired) electrons. The van der Waals surface area contributed by atoms with Gasteiger partial charge in [0.05, 0.1) is 0 Å². The zero-order valence-electron chi connectivity index (χ0n) is 14.1. The predicted octanol–water partition coefficient (Wildman–Crippen LogP) is 3.98. The predicted molar refractivity (Wildman–Crippen MR) is 89.1 cm³/mol. The van der Waals surface area contributed by atoms with E-state index in [4.69, 9.17) is 4.74 Å². The number of likely N-dealkylation sites (tertiary alicyclic amines) is 1. The molecule has 1 atom stereocenters. The Balaban J connectivity index is 1.90. The number of nitrogens with zero attached hydrogens (tertiary/aromatic N) is 1. The zero-order valence-corrected chi connectivity index (χ0v) is 14.1. The monoisotopic (exact) mass is 304 g/mol. The zero-order chi connectivity index (χ0) is 16.1. The van der Waals surface area contributed by atoms with Crippen LogP contribution in [0, 0.1) is 5.92 Å². The van der Waals surface area contributed by atoms with Crippen LogP contribution < -0.4 is 10.1 Å². The van der Waals surface area contributed by atoms with E-state index in [1.807, 2.05) is 30.0 Å². The minimum atomic E-state index is -0.341. The van der Waals surface area contributed by atoms with Crippen molar-refractivity contribution in [3.8, 4) is 5.75 Å². The van der Waals surface area contributed by atoms with Gasteiger partial charge in [-0.15, -0.1) is 0 Å². The highest BCUT2D eigenvalue weighted by molar-refractivity contribution is 5.74. The number of benzene rings is 1. The third-order valence-electron chi connectivity index (χ3n) is 4.24. The Morgan fingerprint density at radius 3 is 2.50 bits per heavy atom. The summed E-state index contributed by atoms with van der Waals surface area (Å²) in [5.41, 5.74) is 1.16. The Morgan fingerprint density at radius 1 is 1.23 bits per heavy atom. The molecule has 0 aromatic heterocycles. The van der Waals surface area contributed by atoms with Gasteiger partial charge in [-0.2, -0.15) is 0 Å². The number of carbonyl (C=O) groups is 1. The van der Waals surface area contributed by atoms with Crippen LogP contribution in [-0.2, 0) is 0 Å². The first kappa shape index (κ1) is 16.7. The molecule has 0 saturated carbocycles. The number of piperidine rings is 1. The fourth-order valence-corrected chi connectivity index (χ4v) is 2.76. The number of amides is 2. The van der Waals surface area contributed by atoms with Crippen LogP contribution in [-0.4, -0.2) is 30.2 Å². The summed E-state index contributed by atoms with van der Waals surface area (Å²) in [5, 5.41) is 2.94. The molecule has 22 heavy (non-hydrogen) atoms. The van der Waals surface area contributed by atoms with E-state index in [-0.39, 0.29) is 12.3 Å². The Hall–Kier alpha value is -1.71. The maximum absolute atomic E-state index is 12.3. The molecule has 4 heteroatoms. The van der Waals surface area contributed by atoms with Crippen LogP contribution in [0.5, 0.6) is 5.75 Å². The van der Waals surface area contributed by atoms with E-state index in [0.717, 1.165) is 43.2 Å². The SMILES string of the molecule is CC1CCN(C(=O)NC(C)Oc2ccccc2C(C)C)CC1. The second kappa shape index (κ2) is 7.52. The summed E-state index contributed by atoms with van der Waals surface area (Å²) < 4.78 is 5.93. The molecule has 1 unspecified atom stereocenters. The number of hydrogen-bond donors (Lipinski definition) is 1. The molecule has 2 rings (SSSR count). The number of para-hydroxylation sites is 1. The summed E-state index contributed by atoms with van der Waals surface area (Å²) in [4.78, 5) is 14.1. The van der Waals surface area contributed by atoms with Crippen LogP contribution in [0.25, 0.3) is 0 Å². The molecule has 1 saturated heterocycles. The Bertz CT molecular complexity index is 494. The molecule has 1 aliphatic heterocycles. The van der Waals surface area contributed by atoms with E-state index in [9.17, 15) is 4.79 Å². The summed E-state index contributed by atoms with van der Waals surface area (Å²) in [6.07, 6.45) is 1.82. The molecule has 0 aliphatic carbocycles. The second-order valence-electron chi connectivity index (χ2n) is 6.57. The normalized spacial score (nSPS) is 17.4.